The number of carboxylic acids is 2. The highest BCUT2D eigenvalue weighted by Gasteiger charge is 2.36. The molecule has 2 atom stereocenters. The zero-order valence-corrected chi connectivity index (χ0v) is 13.0. The van der Waals surface area contributed by atoms with E-state index in [1.807, 2.05) is 31.2 Å². The average molecular weight is 316 g/mol. The van der Waals surface area contributed by atoms with E-state index < -0.39 is 23.9 Å². The molecule has 122 valence electrons. The smallest absolute Gasteiger partial charge is 0.325 e. The first kappa shape index (κ1) is 15.6. The third-order valence-electron chi connectivity index (χ3n) is 4.62. The highest BCUT2D eigenvalue weighted by Crippen LogP contribution is 2.34. The molecule has 23 heavy (non-hydrogen) atoms. The molecular formula is C17H20N2O4. The molecule has 0 spiro atoms. The Bertz CT molecular complexity index is 752. The van der Waals surface area contributed by atoms with E-state index in [0.717, 1.165) is 22.2 Å². The van der Waals surface area contributed by atoms with Crippen LogP contribution in [-0.4, -0.2) is 45.1 Å². The van der Waals surface area contributed by atoms with Gasteiger partial charge in [-0.15, -0.1) is 0 Å². The summed E-state index contributed by atoms with van der Waals surface area (Å²) in [5.74, 6) is -2.30. The molecule has 2 heterocycles. The van der Waals surface area contributed by atoms with Gasteiger partial charge < -0.3 is 15.2 Å². The number of aromatic amines is 1. The van der Waals surface area contributed by atoms with E-state index >= 15 is 0 Å². The van der Waals surface area contributed by atoms with Crippen LogP contribution in [0.5, 0.6) is 0 Å². The second kappa shape index (κ2) is 6.04. The Morgan fingerprint density at radius 1 is 1.30 bits per heavy atom. The summed E-state index contributed by atoms with van der Waals surface area (Å²) in [6.45, 7) is 2.73. The third-order valence-corrected chi connectivity index (χ3v) is 4.62. The number of fused-ring (bicyclic) bond motifs is 1. The van der Waals surface area contributed by atoms with Gasteiger partial charge in [-0.3, -0.25) is 14.5 Å². The van der Waals surface area contributed by atoms with Crippen molar-refractivity contribution in [2.75, 3.05) is 13.1 Å². The molecule has 0 bridgehead atoms. The van der Waals surface area contributed by atoms with E-state index in [1.165, 1.54) is 0 Å². The van der Waals surface area contributed by atoms with Gasteiger partial charge in [-0.2, -0.15) is 0 Å². The van der Waals surface area contributed by atoms with Gasteiger partial charge in [0.2, 0.25) is 0 Å². The SMILES string of the molecule is Cc1[nH]c2ccccc2c1C(C(=O)O)N1CCCC(C(=O)O)C1. The minimum absolute atomic E-state index is 0.269. The molecule has 1 saturated heterocycles. The lowest BCUT2D eigenvalue weighted by atomic mass is 9.94. The van der Waals surface area contributed by atoms with Crippen LogP contribution in [0.3, 0.4) is 0 Å². The summed E-state index contributed by atoms with van der Waals surface area (Å²) in [5.41, 5.74) is 2.45. The minimum Gasteiger partial charge on any atom is -0.481 e. The van der Waals surface area contributed by atoms with Crippen molar-refractivity contribution in [2.45, 2.75) is 25.8 Å². The van der Waals surface area contributed by atoms with Gasteiger partial charge in [0, 0.05) is 28.7 Å². The number of likely N-dealkylation sites (tertiary alicyclic amines) is 1. The van der Waals surface area contributed by atoms with Crippen molar-refractivity contribution in [3.05, 3.63) is 35.5 Å². The molecular weight excluding hydrogens is 296 g/mol. The number of aliphatic carboxylic acids is 2. The maximum Gasteiger partial charge on any atom is 0.325 e. The van der Waals surface area contributed by atoms with Gasteiger partial charge in [-0.1, -0.05) is 18.2 Å². The topological polar surface area (TPSA) is 93.6 Å². The van der Waals surface area contributed by atoms with Crippen LogP contribution < -0.4 is 0 Å². The van der Waals surface area contributed by atoms with E-state index in [0.29, 0.717) is 19.4 Å². The number of H-pyrrole nitrogens is 1. The fourth-order valence-corrected chi connectivity index (χ4v) is 3.56. The van der Waals surface area contributed by atoms with E-state index in [9.17, 15) is 19.8 Å². The second-order valence-corrected chi connectivity index (χ2v) is 6.12. The van der Waals surface area contributed by atoms with Gasteiger partial charge in [0.05, 0.1) is 5.92 Å². The molecule has 3 N–H and O–H groups in total. The van der Waals surface area contributed by atoms with E-state index in [2.05, 4.69) is 4.98 Å². The van der Waals surface area contributed by atoms with Crippen molar-refractivity contribution >= 4 is 22.8 Å². The predicted octanol–water partition coefficient (Wildman–Crippen LogP) is 2.40. The fraction of sp³-hybridized carbons (Fsp3) is 0.412. The van der Waals surface area contributed by atoms with Gasteiger partial charge in [-0.25, -0.2) is 0 Å². The maximum atomic E-state index is 12.0. The monoisotopic (exact) mass is 316 g/mol. The minimum atomic E-state index is -0.941. The largest absolute Gasteiger partial charge is 0.481 e. The van der Waals surface area contributed by atoms with Gasteiger partial charge in [0.1, 0.15) is 6.04 Å². The second-order valence-electron chi connectivity index (χ2n) is 6.12. The molecule has 1 aromatic heterocycles. The van der Waals surface area contributed by atoms with Crippen LogP contribution >= 0.6 is 0 Å². The van der Waals surface area contributed by atoms with Crippen LogP contribution in [0.25, 0.3) is 10.9 Å². The first-order valence-corrected chi connectivity index (χ1v) is 7.76. The van der Waals surface area contributed by atoms with Crippen molar-refractivity contribution < 1.29 is 19.8 Å². The van der Waals surface area contributed by atoms with Crippen LogP contribution in [-0.2, 0) is 9.59 Å². The van der Waals surface area contributed by atoms with Crippen molar-refractivity contribution in [3.63, 3.8) is 0 Å². The van der Waals surface area contributed by atoms with Crippen LogP contribution in [0.4, 0.5) is 0 Å². The number of nitrogens with one attached hydrogen (secondary N) is 1. The molecule has 3 rings (SSSR count). The number of nitrogens with zero attached hydrogens (tertiary/aromatic N) is 1. The highest BCUT2D eigenvalue weighted by molar-refractivity contribution is 5.90. The Morgan fingerprint density at radius 3 is 2.74 bits per heavy atom. The number of carbonyl (C=O) groups is 2. The third kappa shape index (κ3) is 2.82. The number of hydrogen-bond donors (Lipinski definition) is 3. The zero-order chi connectivity index (χ0) is 16.6. The quantitative estimate of drug-likeness (QED) is 0.805. The molecule has 1 aromatic carbocycles. The summed E-state index contributed by atoms with van der Waals surface area (Å²) in [5, 5.41) is 19.9. The van der Waals surface area contributed by atoms with Crippen molar-refractivity contribution in [2.24, 2.45) is 5.92 Å². The number of benzene rings is 1. The Morgan fingerprint density at radius 2 is 2.04 bits per heavy atom. The number of rotatable bonds is 4. The summed E-state index contributed by atoms with van der Waals surface area (Å²) in [7, 11) is 0. The molecule has 0 aliphatic carbocycles. The van der Waals surface area contributed by atoms with Crippen LogP contribution in [0.15, 0.2) is 24.3 Å². The Hall–Kier alpha value is -2.34. The van der Waals surface area contributed by atoms with Crippen molar-refractivity contribution in [1.82, 2.24) is 9.88 Å². The summed E-state index contributed by atoms with van der Waals surface area (Å²) in [6.07, 6.45) is 1.30. The molecule has 1 aliphatic rings. The first-order valence-electron chi connectivity index (χ1n) is 7.76. The van der Waals surface area contributed by atoms with Gasteiger partial charge in [0.15, 0.2) is 0 Å². The molecule has 6 heteroatoms. The molecule has 6 nitrogen and oxygen atoms in total. The lowest BCUT2D eigenvalue weighted by Gasteiger charge is -2.35. The number of carboxylic acid groups (broad SMARTS) is 2. The molecule has 0 radical (unpaired) electrons. The fourth-order valence-electron chi connectivity index (χ4n) is 3.56. The number of hydrogen-bond acceptors (Lipinski definition) is 3. The Balaban J connectivity index is 2.03. The normalized spacial score (nSPS) is 20.5. The zero-order valence-electron chi connectivity index (χ0n) is 13.0. The lowest BCUT2D eigenvalue weighted by Crippen LogP contribution is -2.43. The van der Waals surface area contributed by atoms with E-state index in [-0.39, 0.29) is 6.54 Å². The van der Waals surface area contributed by atoms with E-state index in [1.54, 1.807) is 4.90 Å². The lowest BCUT2D eigenvalue weighted by molar-refractivity contribution is -0.149. The average Bonchev–Trinajstić information content (AvgIpc) is 2.84. The molecule has 2 unspecified atom stereocenters. The summed E-state index contributed by atoms with van der Waals surface area (Å²) < 4.78 is 0. The molecule has 1 aliphatic heterocycles. The molecule has 0 amide bonds. The standard InChI is InChI=1S/C17H20N2O4/c1-10-14(12-6-2-3-7-13(12)18-10)15(17(22)23)19-8-4-5-11(9-19)16(20)21/h2-3,6-7,11,15,18H,4-5,8-9H2,1H3,(H,20,21)(H,22,23). The predicted molar refractivity (Wildman–Crippen MR) is 85.3 cm³/mol. The van der Waals surface area contributed by atoms with Gasteiger partial charge >= 0.3 is 11.9 Å². The van der Waals surface area contributed by atoms with Gasteiger partial charge in [0.25, 0.3) is 0 Å². The maximum absolute atomic E-state index is 12.0. The number of para-hydroxylation sites is 1. The van der Waals surface area contributed by atoms with Crippen LogP contribution in [0.2, 0.25) is 0 Å². The molecule has 2 aromatic rings. The van der Waals surface area contributed by atoms with Crippen LogP contribution in [0.1, 0.15) is 30.1 Å². The number of aryl methyl sites for hydroxylation is 1. The molecule has 1 fully saturated rings. The van der Waals surface area contributed by atoms with Crippen LogP contribution in [0, 0.1) is 12.8 Å². The summed E-state index contributed by atoms with van der Waals surface area (Å²) in [6, 6.07) is 6.78. The summed E-state index contributed by atoms with van der Waals surface area (Å²) in [4.78, 5) is 28.3. The summed E-state index contributed by atoms with van der Waals surface area (Å²) >= 11 is 0. The Kier molecular flexibility index (Phi) is 4.09. The number of piperidine rings is 1. The van der Waals surface area contributed by atoms with Crippen molar-refractivity contribution in [3.8, 4) is 0 Å². The van der Waals surface area contributed by atoms with Crippen molar-refractivity contribution in [1.29, 1.82) is 0 Å². The Labute approximate surface area is 133 Å². The first-order chi connectivity index (χ1) is 11.0. The number of aromatic nitrogens is 1. The highest BCUT2D eigenvalue weighted by atomic mass is 16.4. The molecule has 0 saturated carbocycles. The van der Waals surface area contributed by atoms with E-state index in [4.69, 9.17) is 0 Å². The van der Waals surface area contributed by atoms with Gasteiger partial charge in [-0.05, 0) is 32.4 Å².